The number of hydrogen-bond acceptors (Lipinski definition) is 4. The molecule has 0 amide bonds. The van der Waals surface area contributed by atoms with Crippen molar-refractivity contribution in [3.63, 3.8) is 0 Å². The minimum absolute atomic E-state index is 0. The smallest absolute Gasteiger partial charge is 0.376 e. The molecule has 4 nitrogen and oxygen atoms in total. The van der Waals surface area contributed by atoms with E-state index in [9.17, 15) is 21.6 Å². The number of rotatable bonds is 3. The van der Waals surface area contributed by atoms with Gasteiger partial charge in [-0.3, -0.25) is 0 Å². The third kappa shape index (κ3) is 4.04. The van der Waals surface area contributed by atoms with Gasteiger partial charge in [0.2, 0.25) is 0 Å². The highest BCUT2D eigenvalue weighted by Gasteiger charge is 2.48. The first-order valence-electron chi connectivity index (χ1n) is 4.50. The second-order valence-electron chi connectivity index (χ2n) is 3.34. The van der Waals surface area contributed by atoms with E-state index < -0.39 is 21.4 Å². The molecule has 1 aromatic carbocycles. The summed E-state index contributed by atoms with van der Waals surface area (Å²) in [6.07, 6.45) is 0. The molecule has 1 atom stereocenters. The quantitative estimate of drug-likeness (QED) is 0.687. The van der Waals surface area contributed by atoms with Crippen molar-refractivity contribution in [3.8, 4) is 5.75 Å². The summed E-state index contributed by atoms with van der Waals surface area (Å²) in [6, 6.07) is 4.71. The molecule has 0 saturated heterocycles. The van der Waals surface area contributed by atoms with Crippen molar-refractivity contribution in [2.45, 2.75) is 18.5 Å². The van der Waals surface area contributed by atoms with Crippen LogP contribution in [0.5, 0.6) is 5.75 Å². The maximum atomic E-state index is 12.0. The summed E-state index contributed by atoms with van der Waals surface area (Å²) in [7, 11) is -5.62. The van der Waals surface area contributed by atoms with Gasteiger partial charge in [0.25, 0.3) is 0 Å². The van der Waals surface area contributed by atoms with E-state index >= 15 is 0 Å². The van der Waals surface area contributed by atoms with Gasteiger partial charge in [0.05, 0.1) is 0 Å². The number of benzene rings is 1. The van der Waals surface area contributed by atoms with Crippen LogP contribution in [-0.2, 0) is 10.1 Å². The topological polar surface area (TPSA) is 69.4 Å². The van der Waals surface area contributed by atoms with E-state index in [1.54, 1.807) is 6.92 Å². The molecular weight excluding hydrogens is 295 g/mol. The molecule has 2 N–H and O–H groups in total. The zero-order valence-electron chi connectivity index (χ0n) is 9.14. The van der Waals surface area contributed by atoms with Crippen LogP contribution >= 0.6 is 12.4 Å². The molecule has 0 fully saturated rings. The van der Waals surface area contributed by atoms with Crippen LogP contribution in [0, 0.1) is 0 Å². The van der Waals surface area contributed by atoms with Crippen molar-refractivity contribution < 1.29 is 25.8 Å². The van der Waals surface area contributed by atoms with E-state index in [1.165, 1.54) is 12.1 Å². The van der Waals surface area contributed by atoms with Gasteiger partial charge in [-0.15, -0.1) is 12.4 Å². The summed E-state index contributed by atoms with van der Waals surface area (Å²) in [4.78, 5) is 0. The fraction of sp³-hybridized carbons (Fsp3) is 0.333. The predicted molar refractivity (Wildman–Crippen MR) is 61.9 cm³/mol. The molecule has 0 radical (unpaired) electrons. The molecule has 0 heterocycles. The van der Waals surface area contributed by atoms with E-state index in [-0.39, 0.29) is 18.4 Å². The molecule has 0 saturated carbocycles. The predicted octanol–water partition coefficient (Wildman–Crippen LogP) is 2.36. The monoisotopic (exact) mass is 305 g/mol. The highest BCUT2D eigenvalue weighted by atomic mass is 35.5. The Morgan fingerprint density at radius 2 is 1.67 bits per heavy atom. The second kappa shape index (κ2) is 5.77. The Morgan fingerprint density at radius 1 is 1.22 bits per heavy atom. The summed E-state index contributed by atoms with van der Waals surface area (Å²) in [5.41, 5.74) is 0.738. The minimum Gasteiger partial charge on any atom is -0.376 e. The van der Waals surface area contributed by atoms with Gasteiger partial charge in [-0.05, 0) is 24.6 Å². The van der Waals surface area contributed by atoms with Crippen LogP contribution in [0.25, 0.3) is 0 Å². The van der Waals surface area contributed by atoms with Crippen molar-refractivity contribution in [2.24, 2.45) is 5.73 Å². The van der Waals surface area contributed by atoms with Crippen LogP contribution in [0.4, 0.5) is 13.2 Å². The first-order valence-corrected chi connectivity index (χ1v) is 5.90. The Labute approximate surface area is 108 Å². The van der Waals surface area contributed by atoms with Crippen LogP contribution in [0.2, 0.25) is 0 Å². The SMILES string of the molecule is C[C@@H](N)c1ccc(OS(=O)(=O)C(F)(F)F)cc1.Cl. The first-order chi connectivity index (χ1) is 7.63. The van der Waals surface area contributed by atoms with Gasteiger partial charge in [-0.1, -0.05) is 12.1 Å². The molecule has 0 spiro atoms. The van der Waals surface area contributed by atoms with Gasteiger partial charge in [0.15, 0.2) is 0 Å². The van der Waals surface area contributed by atoms with Gasteiger partial charge in [-0.25, -0.2) is 0 Å². The van der Waals surface area contributed by atoms with E-state index in [0.29, 0.717) is 5.56 Å². The average molecular weight is 306 g/mol. The Morgan fingerprint density at radius 3 is 2.00 bits per heavy atom. The number of halogens is 4. The van der Waals surface area contributed by atoms with Crippen LogP contribution in [0.3, 0.4) is 0 Å². The Bertz CT molecular complexity index is 485. The Hall–Kier alpha value is -0.990. The van der Waals surface area contributed by atoms with Gasteiger partial charge < -0.3 is 9.92 Å². The van der Waals surface area contributed by atoms with Crippen LogP contribution in [0.1, 0.15) is 18.5 Å². The number of nitrogens with two attached hydrogens (primary N) is 1. The van der Waals surface area contributed by atoms with Crippen molar-refractivity contribution in [3.05, 3.63) is 29.8 Å². The van der Waals surface area contributed by atoms with E-state index in [0.717, 1.165) is 12.1 Å². The molecule has 0 aromatic heterocycles. The fourth-order valence-electron chi connectivity index (χ4n) is 1.00. The Balaban J connectivity index is 0.00000289. The summed E-state index contributed by atoms with van der Waals surface area (Å²) >= 11 is 0. The third-order valence-corrected chi connectivity index (χ3v) is 2.87. The summed E-state index contributed by atoms with van der Waals surface area (Å²) in [6.45, 7) is 1.68. The molecule has 18 heavy (non-hydrogen) atoms. The Kier molecular flexibility index (Phi) is 5.45. The standard InChI is InChI=1S/C9H10F3NO3S.ClH/c1-6(13)7-2-4-8(5-3-7)16-17(14,15)9(10,11)12;/h2-6H,13H2,1H3;1H/t6-;/m1./s1. The lowest BCUT2D eigenvalue weighted by atomic mass is 10.1. The summed E-state index contributed by atoms with van der Waals surface area (Å²) in [5.74, 6) is -0.410. The summed E-state index contributed by atoms with van der Waals surface area (Å²) < 4.78 is 61.2. The van der Waals surface area contributed by atoms with Gasteiger partial charge >= 0.3 is 15.6 Å². The zero-order chi connectivity index (χ0) is 13.3. The van der Waals surface area contributed by atoms with Crippen LogP contribution < -0.4 is 9.92 Å². The lowest BCUT2D eigenvalue weighted by Crippen LogP contribution is -2.28. The largest absolute Gasteiger partial charge is 0.534 e. The molecule has 0 aliphatic carbocycles. The molecule has 0 unspecified atom stereocenters. The van der Waals surface area contributed by atoms with E-state index in [1.807, 2.05) is 0 Å². The van der Waals surface area contributed by atoms with E-state index in [2.05, 4.69) is 4.18 Å². The van der Waals surface area contributed by atoms with Crippen molar-refractivity contribution in [2.75, 3.05) is 0 Å². The van der Waals surface area contributed by atoms with Crippen LogP contribution in [-0.4, -0.2) is 13.9 Å². The average Bonchev–Trinajstić information content (AvgIpc) is 2.16. The molecule has 104 valence electrons. The first kappa shape index (κ1) is 17.0. The lowest BCUT2D eigenvalue weighted by Gasteiger charge is -2.10. The third-order valence-electron chi connectivity index (χ3n) is 1.90. The second-order valence-corrected chi connectivity index (χ2v) is 4.88. The van der Waals surface area contributed by atoms with E-state index in [4.69, 9.17) is 5.73 Å². The highest BCUT2D eigenvalue weighted by Crippen LogP contribution is 2.27. The molecule has 0 aliphatic heterocycles. The van der Waals surface area contributed by atoms with Crippen LogP contribution in [0.15, 0.2) is 24.3 Å². The minimum atomic E-state index is -5.62. The molecule has 9 heteroatoms. The van der Waals surface area contributed by atoms with Gasteiger partial charge in [0, 0.05) is 6.04 Å². The molecule has 0 bridgehead atoms. The fourth-order valence-corrected chi connectivity index (χ4v) is 1.46. The van der Waals surface area contributed by atoms with Gasteiger partial charge in [-0.2, -0.15) is 21.6 Å². The zero-order valence-corrected chi connectivity index (χ0v) is 10.8. The van der Waals surface area contributed by atoms with Crippen molar-refractivity contribution >= 4 is 22.5 Å². The molecule has 1 rings (SSSR count). The number of alkyl halides is 3. The van der Waals surface area contributed by atoms with Crippen molar-refractivity contribution in [1.29, 1.82) is 0 Å². The lowest BCUT2D eigenvalue weighted by molar-refractivity contribution is -0.0500. The van der Waals surface area contributed by atoms with Crippen molar-refractivity contribution in [1.82, 2.24) is 0 Å². The molecule has 1 aromatic rings. The maximum absolute atomic E-state index is 12.0. The summed E-state index contributed by atoms with van der Waals surface area (Å²) in [5, 5.41) is 0. The molecule has 0 aliphatic rings. The number of hydrogen-bond donors (Lipinski definition) is 1. The molecular formula is C9H11ClF3NO3S. The normalized spacial score (nSPS) is 13.6. The maximum Gasteiger partial charge on any atom is 0.534 e. The van der Waals surface area contributed by atoms with Gasteiger partial charge in [0.1, 0.15) is 5.75 Å². The highest BCUT2D eigenvalue weighted by molar-refractivity contribution is 7.87.